The Labute approximate surface area is 128 Å². The fourth-order valence-electron chi connectivity index (χ4n) is 3.57. The second-order valence-electron chi connectivity index (χ2n) is 6.88. The summed E-state index contributed by atoms with van der Waals surface area (Å²) in [7, 11) is 2.19. The van der Waals surface area contributed by atoms with Crippen LogP contribution in [0, 0.1) is 0 Å². The molecule has 1 fully saturated rings. The molecule has 0 spiro atoms. The van der Waals surface area contributed by atoms with E-state index in [9.17, 15) is 0 Å². The van der Waals surface area contributed by atoms with E-state index in [2.05, 4.69) is 65.2 Å². The summed E-state index contributed by atoms with van der Waals surface area (Å²) in [5.74, 6) is 0. The minimum atomic E-state index is 0.213. The highest BCUT2D eigenvalue weighted by Crippen LogP contribution is 2.33. The number of benzene rings is 1. The number of para-hydroxylation sites is 2. The summed E-state index contributed by atoms with van der Waals surface area (Å²) in [6, 6.07) is 8.79. The number of hydrogen-bond acceptors (Lipinski definition) is 4. The average Bonchev–Trinajstić information content (AvgIpc) is 2.51. The summed E-state index contributed by atoms with van der Waals surface area (Å²) < 4.78 is 0. The summed E-state index contributed by atoms with van der Waals surface area (Å²) >= 11 is 0. The maximum absolute atomic E-state index is 3.45. The fourth-order valence-corrected chi connectivity index (χ4v) is 3.57. The first-order valence-electron chi connectivity index (χ1n) is 8.09. The van der Waals surface area contributed by atoms with Crippen LogP contribution in [0.3, 0.4) is 0 Å². The van der Waals surface area contributed by atoms with E-state index in [1.807, 2.05) is 0 Å². The van der Waals surface area contributed by atoms with Gasteiger partial charge in [-0.25, -0.2) is 0 Å². The van der Waals surface area contributed by atoms with Gasteiger partial charge in [-0.1, -0.05) is 12.1 Å². The highest BCUT2D eigenvalue weighted by atomic mass is 15.3. The van der Waals surface area contributed by atoms with Crippen LogP contribution in [0.15, 0.2) is 24.3 Å². The van der Waals surface area contributed by atoms with E-state index in [-0.39, 0.29) is 5.54 Å². The van der Waals surface area contributed by atoms with Crippen molar-refractivity contribution in [2.45, 2.75) is 19.4 Å². The van der Waals surface area contributed by atoms with E-state index in [4.69, 9.17) is 0 Å². The van der Waals surface area contributed by atoms with Crippen molar-refractivity contribution in [3.63, 3.8) is 0 Å². The zero-order valence-corrected chi connectivity index (χ0v) is 13.6. The number of fused-ring (bicyclic) bond motifs is 1. The third kappa shape index (κ3) is 3.01. The molecule has 21 heavy (non-hydrogen) atoms. The van der Waals surface area contributed by atoms with Crippen LogP contribution in [0.5, 0.6) is 0 Å². The van der Waals surface area contributed by atoms with Gasteiger partial charge in [0.25, 0.3) is 0 Å². The van der Waals surface area contributed by atoms with Crippen LogP contribution in [0.25, 0.3) is 0 Å². The summed E-state index contributed by atoms with van der Waals surface area (Å²) in [6.07, 6.45) is 0. The molecule has 1 N–H and O–H groups in total. The lowest BCUT2D eigenvalue weighted by Crippen LogP contribution is -2.58. The molecule has 0 aliphatic carbocycles. The monoisotopic (exact) mass is 288 g/mol. The molecule has 2 heterocycles. The maximum atomic E-state index is 3.45. The van der Waals surface area contributed by atoms with Gasteiger partial charge in [0.05, 0.1) is 11.4 Å². The Hall–Kier alpha value is -1.26. The fraction of sp³-hybridized carbons (Fsp3) is 0.647. The van der Waals surface area contributed by atoms with Gasteiger partial charge in [0.2, 0.25) is 0 Å². The molecule has 4 heteroatoms. The second-order valence-corrected chi connectivity index (χ2v) is 6.88. The van der Waals surface area contributed by atoms with Crippen LogP contribution >= 0.6 is 0 Å². The van der Waals surface area contributed by atoms with Crippen molar-refractivity contribution in [2.75, 3.05) is 62.7 Å². The molecule has 1 saturated heterocycles. The Balaban J connectivity index is 1.77. The van der Waals surface area contributed by atoms with Crippen LogP contribution in [0.1, 0.15) is 13.8 Å². The lowest BCUT2D eigenvalue weighted by Gasteiger charge is -2.46. The largest absolute Gasteiger partial charge is 0.371 e. The second kappa shape index (κ2) is 5.85. The van der Waals surface area contributed by atoms with Crippen molar-refractivity contribution >= 4 is 11.4 Å². The number of likely N-dealkylation sites (N-methyl/N-ethyl adjacent to an activating group) is 1. The minimum Gasteiger partial charge on any atom is -0.371 e. The van der Waals surface area contributed by atoms with Crippen molar-refractivity contribution < 1.29 is 0 Å². The Kier molecular flexibility index (Phi) is 4.09. The maximum Gasteiger partial charge on any atom is 0.0605 e. The SMILES string of the molecule is CN1CCN(CC(C)(C)N2CCNCC2)c2ccccc21. The molecular weight excluding hydrogens is 260 g/mol. The molecular formula is C17H28N4. The first kappa shape index (κ1) is 14.7. The zero-order chi connectivity index (χ0) is 14.9. The van der Waals surface area contributed by atoms with Crippen molar-refractivity contribution in [3.05, 3.63) is 24.3 Å². The van der Waals surface area contributed by atoms with E-state index in [1.54, 1.807) is 0 Å². The van der Waals surface area contributed by atoms with Crippen LogP contribution in [0.2, 0.25) is 0 Å². The molecule has 0 aromatic heterocycles. The van der Waals surface area contributed by atoms with Crippen molar-refractivity contribution in [2.24, 2.45) is 0 Å². The van der Waals surface area contributed by atoms with E-state index < -0.39 is 0 Å². The van der Waals surface area contributed by atoms with Gasteiger partial charge in [-0.15, -0.1) is 0 Å². The third-order valence-electron chi connectivity index (χ3n) is 4.89. The van der Waals surface area contributed by atoms with Crippen molar-refractivity contribution in [3.8, 4) is 0 Å². The molecule has 2 aliphatic heterocycles. The summed E-state index contributed by atoms with van der Waals surface area (Å²) in [6.45, 7) is 12.6. The van der Waals surface area contributed by atoms with Gasteiger partial charge < -0.3 is 15.1 Å². The standard InChI is InChI=1S/C17H28N4/c1-17(2,21-10-8-18-9-11-21)14-20-13-12-19(3)15-6-4-5-7-16(15)20/h4-7,18H,8-14H2,1-3H3. The van der Waals surface area contributed by atoms with Gasteiger partial charge in [0.15, 0.2) is 0 Å². The number of rotatable bonds is 3. The quantitative estimate of drug-likeness (QED) is 0.912. The van der Waals surface area contributed by atoms with E-state index in [0.29, 0.717) is 0 Å². The molecule has 4 nitrogen and oxygen atoms in total. The predicted molar refractivity (Wildman–Crippen MR) is 90.4 cm³/mol. The Bertz CT molecular complexity index is 479. The Morgan fingerprint density at radius 2 is 1.67 bits per heavy atom. The minimum absolute atomic E-state index is 0.213. The van der Waals surface area contributed by atoms with Gasteiger partial charge in [0, 0.05) is 58.4 Å². The summed E-state index contributed by atoms with van der Waals surface area (Å²) in [4.78, 5) is 7.56. The highest BCUT2D eigenvalue weighted by Gasteiger charge is 2.32. The van der Waals surface area contributed by atoms with Gasteiger partial charge in [-0.05, 0) is 26.0 Å². The molecule has 2 aliphatic rings. The molecule has 0 saturated carbocycles. The molecule has 0 radical (unpaired) electrons. The van der Waals surface area contributed by atoms with Crippen LogP contribution in [-0.4, -0.2) is 63.3 Å². The molecule has 1 aromatic carbocycles. The van der Waals surface area contributed by atoms with E-state index in [1.165, 1.54) is 11.4 Å². The Morgan fingerprint density at radius 1 is 1.00 bits per heavy atom. The van der Waals surface area contributed by atoms with Crippen LogP contribution < -0.4 is 15.1 Å². The molecule has 0 amide bonds. The normalized spacial score (nSPS) is 20.5. The van der Waals surface area contributed by atoms with Crippen molar-refractivity contribution in [1.82, 2.24) is 10.2 Å². The molecule has 3 rings (SSSR count). The first-order valence-corrected chi connectivity index (χ1v) is 8.09. The third-order valence-corrected chi connectivity index (χ3v) is 4.89. The number of piperazine rings is 1. The molecule has 116 valence electrons. The molecule has 0 bridgehead atoms. The van der Waals surface area contributed by atoms with Crippen LogP contribution in [-0.2, 0) is 0 Å². The summed E-state index contributed by atoms with van der Waals surface area (Å²) in [5, 5.41) is 3.45. The Morgan fingerprint density at radius 3 is 2.38 bits per heavy atom. The predicted octanol–water partition coefficient (Wildman–Crippen LogP) is 1.63. The number of nitrogens with one attached hydrogen (secondary N) is 1. The van der Waals surface area contributed by atoms with Gasteiger partial charge in [0.1, 0.15) is 0 Å². The number of anilines is 2. The van der Waals surface area contributed by atoms with E-state index >= 15 is 0 Å². The molecule has 0 unspecified atom stereocenters. The molecule has 1 aromatic rings. The lowest BCUT2D eigenvalue weighted by atomic mass is 9.99. The van der Waals surface area contributed by atoms with Gasteiger partial charge in [-0.2, -0.15) is 0 Å². The molecule has 0 atom stereocenters. The number of nitrogens with zero attached hydrogens (tertiary/aromatic N) is 3. The van der Waals surface area contributed by atoms with Crippen molar-refractivity contribution in [1.29, 1.82) is 0 Å². The summed E-state index contributed by atoms with van der Waals surface area (Å²) in [5.41, 5.74) is 2.96. The topological polar surface area (TPSA) is 21.8 Å². The van der Waals surface area contributed by atoms with E-state index in [0.717, 1.165) is 45.8 Å². The smallest absolute Gasteiger partial charge is 0.0605 e. The average molecular weight is 288 g/mol. The first-order chi connectivity index (χ1) is 10.1. The zero-order valence-electron chi connectivity index (χ0n) is 13.6. The lowest BCUT2D eigenvalue weighted by molar-refractivity contribution is 0.108. The van der Waals surface area contributed by atoms with Gasteiger partial charge >= 0.3 is 0 Å². The van der Waals surface area contributed by atoms with Crippen LogP contribution in [0.4, 0.5) is 11.4 Å². The number of hydrogen-bond donors (Lipinski definition) is 1. The van der Waals surface area contributed by atoms with Gasteiger partial charge in [-0.3, -0.25) is 4.90 Å². The highest BCUT2D eigenvalue weighted by molar-refractivity contribution is 5.73.